The number of nitrogens with zero attached hydrogens (tertiary/aromatic N) is 1. The molecule has 1 aliphatic carbocycles. The summed E-state index contributed by atoms with van der Waals surface area (Å²) in [6.45, 7) is 0. The van der Waals surface area contributed by atoms with Crippen molar-refractivity contribution in [1.29, 1.82) is 0 Å². The number of nitrogens with one attached hydrogen (secondary N) is 1. The molecule has 0 radical (unpaired) electrons. The highest BCUT2D eigenvalue weighted by Crippen LogP contribution is 2.25. The maximum absolute atomic E-state index is 12.3. The fraction of sp³-hybridized carbons (Fsp3) is 0.500. The van der Waals surface area contributed by atoms with Crippen LogP contribution in [0.5, 0.6) is 5.75 Å². The van der Waals surface area contributed by atoms with Gasteiger partial charge in [-0.3, -0.25) is 14.9 Å². The third kappa shape index (κ3) is 3.69. The van der Waals surface area contributed by atoms with Crippen LogP contribution in [-0.4, -0.2) is 30.0 Å². The molecule has 7 heteroatoms. The molecular weight excluding hydrogens is 274 g/mol. The highest BCUT2D eigenvalue weighted by Gasteiger charge is 2.25. The summed E-state index contributed by atoms with van der Waals surface area (Å²) in [5.74, 6) is -0.0301. The summed E-state index contributed by atoms with van der Waals surface area (Å²) in [7, 11) is 1.45. The van der Waals surface area contributed by atoms with Crippen molar-refractivity contribution in [2.24, 2.45) is 5.73 Å². The number of rotatable bonds is 4. The van der Waals surface area contributed by atoms with Gasteiger partial charge in [-0.05, 0) is 37.8 Å². The molecule has 21 heavy (non-hydrogen) atoms. The Balaban J connectivity index is 2.15. The predicted octanol–water partition coefficient (Wildman–Crippen LogP) is 1.60. The van der Waals surface area contributed by atoms with E-state index in [0.717, 1.165) is 25.7 Å². The van der Waals surface area contributed by atoms with Crippen molar-refractivity contribution in [3.63, 3.8) is 0 Å². The Morgan fingerprint density at radius 3 is 2.62 bits per heavy atom. The van der Waals surface area contributed by atoms with Gasteiger partial charge >= 0.3 is 0 Å². The lowest BCUT2D eigenvalue weighted by Crippen LogP contribution is -2.40. The van der Waals surface area contributed by atoms with E-state index < -0.39 is 10.8 Å². The first-order chi connectivity index (χ1) is 10.0. The third-order valence-electron chi connectivity index (χ3n) is 3.75. The average Bonchev–Trinajstić information content (AvgIpc) is 2.48. The number of hydrogen-bond acceptors (Lipinski definition) is 5. The molecule has 7 nitrogen and oxygen atoms in total. The van der Waals surface area contributed by atoms with Crippen LogP contribution in [0.4, 0.5) is 5.69 Å². The van der Waals surface area contributed by atoms with Crippen LogP contribution in [0.2, 0.25) is 0 Å². The molecule has 2 rings (SSSR count). The number of carbonyl (C=O) groups is 1. The van der Waals surface area contributed by atoms with Gasteiger partial charge in [-0.2, -0.15) is 0 Å². The third-order valence-corrected chi connectivity index (χ3v) is 3.75. The molecule has 0 aromatic heterocycles. The van der Waals surface area contributed by atoms with Crippen LogP contribution in [-0.2, 0) is 0 Å². The number of nitro groups is 1. The smallest absolute Gasteiger partial charge is 0.282 e. The van der Waals surface area contributed by atoms with Crippen molar-refractivity contribution in [3.05, 3.63) is 33.9 Å². The van der Waals surface area contributed by atoms with Gasteiger partial charge in [-0.1, -0.05) is 0 Å². The second-order valence-corrected chi connectivity index (χ2v) is 5.23. The number of methoxy groups -OCH3 is 1. The lowest BCUT2D eigenvalue weighted by molar-refractivity contribution is -0.385. The lowest BCUT2D eigenvalue weighted by Gasteiger charge is -2.26. The summed E-state index contributed by atoms with van der Waals surface area (Å²) in [6, 6.07) is 4.34. The molecule has 1 amide bonds. The van der Waals surface area contributed by atoms with Gasteiger partial charge in [0.15, 0.2) is 0 Å². The van der Waals surface area contributed by atoms with E-state index >= 15 is 0 Å². The highest BCUT2D eigenvalue weighted by atomic mass is 16.6. The van der Waals surface area contributed by atoms with Crippen LogP contribution in [0.1, 0.15) is 36.0 Å². The Bertz CT molecular complexity index is 539. The molecular formula is C14H19N3O4. The second-order valence-electron chi connectivity index (χ2n) is 5.23. The van der Waals surface area contributed by atoms with Crippen LogP contribution < -0.4 is 15.8 Å². The number of hydrogen-bond donors (Lipinski definition) is 2. The summed E-state index contributed by atoms with van der Waals surface area (Å²) in [4.78, 5) is 22.8. The van der Waals surface area contributed by atoms with E-state index in [2.05, 4.69) is 5.32 Å². The fourth-order valence-corrected chi connectivity index (χ4v) is 2.51. The molecule has 1 aliphatic rings. The molecule has 0 spiro atoms. The number of ether oxygens (including phenoxy) is 1. The molecule has 0 bridgehead atoms. The fourth-order valence-electron chi connectivity index (χ4n) is 2.51. The Labute approximate surface area is 122 Å². The zero-order chi connectivity index (χ0) is 15.4. The minimum atomic E-state index is -0.564. The minimum Gasteiger partial charge on any atom is -0.497 e. The van der Waals surface area contributed by atoms with E-state index in [1.165, 1.54) is 25.3 Å². The summed E-state index contributed by atoms with van der Waals surface area (Å²) in [5, 5.41) is 13.9. The van der Waals surface area contributed by atoms with Crippen molar-refractivity contribution in [2.75, 3.05) is 7.11 Å². The number of benzene rings is 1. The first kappa shape index (κ1) is 15.2. The minimum absolute atomic E-state index is 0.0168. The average molecular weight is 293 g/mol. The van der Waals surface area contributed by atoms with Crippen LogP contribution in [0.3, 0.4) is 0 Å². The van der Waals surface area contributed by atoms with Crippen molar-refractivity contribution in [2.45, 2.75) is 37.8 Å². The molecule has 0 unspecified atom stereocenters. The zero-order valence-electron chi connectivity index (χ0n) is 11.9. The maximum atomic E-state index is 12.3. The Kier molecular flexibility index (Phi) is 4.74. The van der Waals surface area contributed by atoms with Gasteiger partial charge in [-0.15, -0.1) is 0 Å². The van der Waals surface area contributed by atoms with Crippen molar-refractivity contribution in [1.82, 2.24) is 5.32 Å². The maximum Gasteiger partial charge on any atom is 0.282 e. The topological polar surface area (TPSA) is 107 Å². The van der Waals surface area contributed by atoms with Gasteiger partial charge in [0.2, 0.25) is 0 Å². The Morgan fingerprint density at radius 2 is 2.05 bits per heavy atom. The van der Waals surface area contributed by atoms with Crippen molar-refractivity contribution >= 4 is 11.6 Å². The molecule has 1 saturated carbocycles. The Morgan fingerprint density at radius 1 is 1.38 bits per heavy atom. The van der Waals surface area contributed by atoms with Gasteiger partial charge in [0.1, 0.15) is 11.3 Å². The van der Waals surface area contributed by atoms with Gasteiger partial charge in [-0.25, -0.2) is 0 Å². The first-order valence-electron chi connectivity index (χ1n) is 6.90. The monoisotopic (exact) mass is 293 g/mol. The predicted molar refractivity (Wildman–Crippen MR) is 77.3 cm³/mol. The summed E-state index contributed by atoms with van der Waals surface area (Å²) >= 11 is 0. The number of nitro benzene ring substituents is 1. The van der Waals surface area contributed by atoms with Crippen LogP contribution in [0.15, 0.2) is 18.2 Å². The van der Waals surface area contributed by atoms with E-state index in [4.69, 9.17) is 10.5 Å². The Hall–Kier alpha value is -2.15. The molecule has 114 valence electrons. The van der Waals surface area contributed by atoms with Crippen molar-refractivity contribution in [3.8, 4) is 5.75 Å². The molecule has 1 aromatic rings. The van der Waals surface area contributed by atoms with E-state index in [-0.39, 0.29) is 23.3 Å². The standard InChI is InChI=1S/C14H19N3O4/c1-21-11-6-7-13(17(19)20)12(8-11)14(18)16-10-4-2-9(15)3-5-10/h6-10H,2-5,15H2,1H3,(H,16,18). The van der Waals surface area contributed by atoms with Gasteiger partial charge in [0.25, 0.3) is 11.6 Å². The molecule has 0 saturated heterocycles. The molecule has 0 aliphatic heterocycles. The molecule has 1 aromatic carbocycles. The van der Waals surface area contributed by atoms with Crippen LogP contribution in [0, 0.1) is 10.1 Å². The van der Waals surface area contributed by atoms with Gasteiger partial charge < -0.3 is 15.8 Å². The largest absolute Gasteiger partial charge is 0.497 e. The van der Waals surface area contributed by atoms with E-state index in [1.807, 2.05) is 0 Å². The molecule has 1 fully saturated rings. The molecule has 3 N–H and O–H groups in total. The molecule has 0 heterocycles. The van der Waals surface area contributed by atoms with E-state index in [0.29, 0.717) is 5.75 Å². The SMILES string of the molecule is COc1ccc([N+](=O)[O-])c(C(=O)NC2CCC(N)CC2)c1. The summed E-state index contributed by atoms with van der Waals surface area (Å²) < 4.78 is 5.02. The highest BCUT2D eigenvalue weighted by molar-refractivity contribution is 5.98. The summed E-state index contributed by atoms with van der Waals surface area (Å²) in [6.07, 6.45) is 3.30. The van der Waals surface area contributed by atoms with Crippen LogP contribution in [0.25, 0.3) is 0 Å². The van der Waals surface area contributed by atoms with Crippen LogP contribution >= 0.6 is 0 Å². The number of carbonyl (C=O) groups excluding carboxylic acids is 1. The first-order valence-corrected chi connectivity index (χ1v) is 6.90. The van der Waals surface area contributed by atoms with E-state index in [9.17, 15) is 14.9 Å². The summed E-state index contributed by atoms with van der Waals surface area (Å²) in [5.41, 5.74) is 5.62. The van der Waals surface area contributed by atoms with E-state index in [1.54, 1.807) is 0 Å². The zero-order valence-corrected chi connectivity index (χ0v) is 11.9. The lowest BCUT2D eigenvalue weighted by atomic mass is 9.91. The van der Waals surface area contributed by atoms with Crippen molar-refractivity contribution < 1.29 is 14.5 Å². The number of nitrogens with two attached hydrogens (primary N) is 1. The quantitative estimate of drug-likeness (QED) is 0.647. The van der Waals surface area contributed by atoms with Gasteiger partial charge in [0.05, 0.1) is 12.0 Å². The number of amides is 1. The van der Waals surface area contributed by atoms with Gasteiger partial charge in [0, 0.05) is 18.2 Å². The second kappa shape index (κ2) is 6.53. The molecule has 0 atom stereocenters. The normalized spacial score (nSPS) is 21.6.